The zero-order chi connectivity index (χ0) is 16.8. The molecule has 0 saturated carbocycles. The average Bonchev–Trinajstić information content (AvgIpc) is 3.01. The fourth-order valence-electron chi connectivity index (χ4n) is 2.03. The average molecular weight is 332 g/mol. The van der Waals surface area contributed by atoms with E-state index < -0.39 is 5.97 Å². The van der Waals surface area contributed by atoms with Crippen LogP contribution in [0.4, 0.5) is 10.7 Å². The van der Waals surface area contributed by atoms with Crippen LogP contribution < -0.4 is 10.2 Å². The van der Waals surface area contributed by atoms with Crippen molar-refractivity contribution >= 4 is 33.9 Å². The summed E-state index contributed by atoms with van der Waals surface area (Å²) in [5.74, 6) is -0.462. The quantitative estimate of drug-likeness (QED) is 0.826. The number of rotatable bonds is 6. The van der Waals surface area contributed by atoms with Crippen molar-refractivity contribution in [1.29, 1.82) is 0 Å². The molecular weight excluding hydrogens is 312 g/mol. The molecule has 23 heavy (non-hydrogen) atoms. The first-order valence-corrected chi connectivity index (χ1v) is 8.05. The van der Waals surface area contributed by atoms with Crippen LogP contribution in [0.25, 0.3) is 0 Å². The topological polar surface area (TPSA) is 58.6 Å². The number of hydrogen-bond acceptors (Lipinski definition) is 5. The van der Waals surface area contributed by atoms with E-state index in [2.05, 4.69) is 10.1 Å². The summed E-state index contributed by atoms with van der Waals surface area (Å²) in [4.78, 5) is 25.9. The molecule has 0 aliphatic heterocycles. The molecule has 1 amide bonds. The van der Waals surface area contributed by atoms with Gasteiger partial charge in [0.1, 0.15) is 4.88 Å². The number of benzene rings is 1. The van der Waals surface area contributed by atoms with Crippen LogP contribution in [0.15, 0.2) is 36.4 Å². The lowest BCUT2D eigenvalue weighted by molar-refractivity contribution is -0.116. The Labute approximate surface area is 139 Å². The number of methoxy groups -OCH3 is 1. The van der Waals surface area contributed by atoms with E-state index in [1.54, 1.807) is 12.1 Å². The number of aryl methyl sites for hydroxylation is 1. The first-order valence-electron chi connectivity index (χ1n) is 7.24. The zero-order valence-corrected chi connectivity index (χ0v) is 14.3. The van der Waals surface area contributed by atoms with Gasteiger partial charge in [-0.05, 0) is 36.2 Å². The van der Waals surface area contributed by atoms with Gasteiger partial charge in [-0.15, -0.1) is 11.3 Å². The maximum atomic E-state index is 12.0. The van der Waals surface area contributed by atoms with Gasteiger partial charge in [0.2, 0.25) is 5.91 Å². The van der Waals surface area contributed by atoms with Gasteiger partial charge in [-0.3, -0.25) is 4.79 Å². The highest BCUT2D eigenvalue weighted by Crippen LogP contribution is 2.22. The van der Waals surface area contributed by atoms with Gasteiger partial charge in [0, 0.05) is 26.2 Å². The van der Waals surface area contributed by atoms with E-state index in [4.69, 9.17) is 0 Å². The number of carbonyl (C=O) groups excluding carboxylic acids is 2. The van der Waals surface area contributed by atoms with Gasteiger partial charge in [0.25, 0.3) is 0 Å². The van der Waals surface area contributed by atoms with Crippen LogP contribution in [0.1, 0.15) is 21.7 Å². The molecule has 0 radical (unpaired) electrons. The summed E-state index contributed by atoms with van der Waals surface area (Å²) in [7, 11) is 5.32. The predicted octanol–water partition coefficient (Wildman–Crippen LogP) is 3.17. The van der Waals surface area contributed by atoms with Crippen LogP contribution in [0.2, 0.25) is 0 Å². The molecule has 1 N–H and O–H groups in total. The Morgan fingerprint density at radius 1 is 1.13 bits per heavy atom. The lowest BCUT2D eigenvalue weighted by Gasteiger charge is -2.12. The minimum atomic E-state index is -0.392. The number of amides is 1. The highest BCUT2D eigenvalue weighted by molar-refractivity contribution is 7.18. The number of esters is 1. The number of ether oxygens (including phenoxy) is 1. The molecule has 2 rings (SSSR count). The summed E-state index contributed by atoms with van der Waals surface area (Å²) in [5, 5.41) is 3.46. The summed E-state index contributed by atoms with van der Waals surface area (Å²) in [5.41, 5.74) is 2.25. The molecule has 6 heteroatoms. The Balaban J connectivity index is 1.85. The molecule has 122 valence electrons. The fourth-order valence-corrected chi connectivity index (χ4v) is 2.87. The number of carbonyl (C=O) groups is 2. The van der Waals surface area contributed by atoms with Crippen molar-refractivity contribution in [2.45, 2.75) is 12.8 Å². The van der Waals surface area contributed by atoms with Crippen molar-refractivity contribution in [3.63, 3.8) is 0 Å². The largest absolute Gasteiger partial charge is 0.465 e. The van der Waals surface area contributed by atoms with Crippen molar-refractivity contribution < 1.29 is 14.3 Å². The van der Waals surface area contributed by atoms with Crippen LogP contribution in [0.5, 0.6) is 0 Å². The number of hydrogen-bond donors (Lipinski definition) is 1. The van der Waals surface area contributed by atoms with Crippen molar-refractivity contribution in [1.82, 2.24) is 0 Å². The van der Waals surface area contributed by atoms with E-state index in [0.717, 1.165) is 11.3 Å². The lowest BCUT2D eigenvalue weighted by atomic mass is 10.1. The zero-order valence-electron chi connectivity index (χ0n) is 13.5. The van der Waals surface area contributed by atoms with Crippen LogP contribution in [0.3, 0.4) is 0 Å². The van der Waals surface area contributed by atoms with E-state index in [1.807, 2.05) is 43.3 Å². The predicted molar refractivity (Wildman–Crippen MR) is 93.4 cm³/mol. The number of nitrogens with one attached hydrogen (secondary N) is 1. The summed E-state index contributed by atoms with van der Waals surface area (Å²) in [6.07, 6.45) is 1.07. The SMILES string of the molecule is COC(=O)c1ccc(NC(=O)CCc2ccc(N(C)C)cc2)s1. The second-order valence-corrected chi connectivity index (χ2v) is 6.35. The smallest absolute Gasteiger partial charge is 0.348 e. The highest BCUT2D eigenvalue weighted by Gasteiger charge is 2.11. The molecule has 5 nitrogen and oxygen atoms in total. The van der Waals surface area contributed by atoms with Gasteiger partial charge in [-0.25, -0.2) is 4.79 Å². The first kappa shape index (κ1) is 17.0. The molecule has 1 heterocycles. The maximum Gasteiger partial charge on any atom is 0.348 e. The highest BCUT2D eigenvalue weighted by atomic mass is 32.1. The summed E-state index contributed by atoms with van der Waals surface area (Å²) in [6.45, 7) is 0. The Morgan fingerprint density at radius 2 is 1.83 bits per heavy atom. The number of thiophene rings is 1. The molecule has 0 fully saturated rings. The summed E-state index contributed by atoms with van der Waals surface area (Å²) in [6, 6.07) is 11.5. The first-order chi connectivity index (χ1) is 11.0. The van der Waals surface area contributed by atoms with E-state index in [1.165, 1.54) is 18.4 Å². The molecule has 0 bridgehead atoms. The third-order valence-electron chi connectivity index (χ3n) is 3.35. The molecule has 0 atom stereocenters. The minimum absolute atomic E-state index is 0.0695. The van der Waals surface area contributed by atoms with Crippen molar-refractivity contribution in [3.05, 3.63) is 46.8 Å². The van der Waals surface area contributed by atoms with Crippen molar-refractivity contribution in [2.24, 2.45) is 0 Å². The Hall–Kier alpha value is -2.34. The number of anilines is 2. The standard InChI is InChI=1S/C17H20N2O3S/c1-19(2)13-7-4-12(5-8-13)6-10-15(20)18-16-11-9-14(23-16)17(21)22-3/h4-5,7-9,11H,6,10H2,1-3H3,(H,18,20). The van der Waals surface area contributed by atoms with Gasteiger partial charge in [0.15, 0.2) is 0 Å². The second kappa shape index (κ2) is 7.78. The maximum absolute atomic E-state index is 12.0. The van der Waals surface area contributed by atoms with Gasteiger partial charge < -0.3 is 15.0 Å². The minimum Gasteiger partial charge on any atom is -0.465 e. The molecule has 0 aliphatic carbocycles. The molecule has 1 aromatic carbocycles. The van der Waals surface area contributed by atoms with Gasteiger partial charge in [-0.1, -0.05) is 12.1 Å². The molecule has 2 aromatic rings. The Bertz CT molecular complexity index is 677. The van der Waals surface area contributed by atoms with Gasteiger partial charge in [-0.2, -0.15) is 0 Å². The van der Waals surface area contributed by atoms with E-state index in [9.17, 15) is 9.59 Å². The second-order valence-electron chi connectivity index (χ2n) is 5.26. The normalized spacial score (nSPS) is 10.2. The van der Waals surface area contributed by atoms with Gasteiger partial charge >= 0.3 is 5.97 Å². The third-order valence-corrected chi connectivity index (χ3v) is 4.33. The summed E-state index contributed by atoms with van der Waals surface area (Å²) >= 11 is 1.21. The summed E-state index contributed by atoms with van der Waals surface area (Å²) < 4.78 is 4.64. The van der Waals surface area contributed by atoms with Crippen LogP contribution in [-0.4, -0.2) is 33.1 Å². The van der Waals surface area contributed by atoms with Crippen molar-refractivity contribution in [2.75, 3.05) is 31.4 Å². The Kier molecular flexibility index (Phi) is 5.76. The Morgan fingerprint density at radius 3 is 2.43 bits per heavy atom. The molecule has 0 spiro atoms. The molecule has 1 aromatic heterocycles. The van der Waals surface area contributed by atoms with Crippen molar-refractivity contribution in [3.8, 4) is 0 Å². The number of nitrogens with zero attached hydrogens (tertiary/aromatic N) is 1. The molecule has 0 unspecified atom stereocenters. The lowest BCUT2D eigenvalue weighted by Crippen LogP contribution is -2.11. The van der Waals surface area contributed by atoms with E-state index in [0.29, 0.717) is 22.7 Å². The van der Waals surface area contributed by atoms with Crippen LogP contribution in [0, 0.1) is 0 Å². The van der Waals surface area contributed by atoms with Crippen LogP contribution in [-0.2, 0) is 16.0 Å². The van der Waals surface area contributed by atoms with E-state index >= 15 is 0 Å². The van der Waals surface area contributed by atoms with Gasteiger partial charge in [0.05, 0.1) is 12.1 Å². The molecule has 0 saturated heterocycles. The third kappa shape index (κ3) is 4.82. The van der Waals surface area contributed by atoms with E-state index in [-0.39, 0.29) is 5.91 Å². The molecular formula is C17H20N2O3S. The van der Waals surface area contributed by atoms with Crippen LogP contribution >= 0.6 is 11.3 Å². The monoisotopic (exact) mass is 332 g/mol. The fraction of sp³-hybridized carbons (Fsp3) is 0.294. The molecule has 0 aliphatic rings.